The molecule has 4 heteroatoms. The lowest BCUT2D eigenvalue weighted by molar-refractivity contribution is 0.0940. The number of nitrogens with zero attached hydrogens (tertiary/aromatic N) is 1. The van der Waals surface area contributed by atoms with Gasteiger partial charge in [0.05, 0.1) is 7.11 Å². The summed E-state index contributed by atoms with van der Waals surface area (Å²) in [7, 11) is 1.67. The van der Waals surface area contributed by atoms with E-state index in [4.69, 9.17) is 15.2 Å². The number of aromatic nitrogens is 1. The zero-order valence-electron chi connectivity index (χ0n) is 12.4. The number of nitrogens with two attached hydrogens (primary N) is 1. The number of methoxy groups -OCH3 is 1. The van der Waals surface area contributed by atoms with E-state index in [0.717, 1.165) is 29.4 Å². The summed E-state index contributed by atoms with van der Waals surface area (Å²) in [6, 6.07) is 7.94. The smallest absolute Gasteiger partial charge is 0.221 e. The molecule has 0 radical (unpaired) electrons. The van der Waals surface area contributed by atoms with Crippen LogP contribution in [0.15, 0.2) is 30.5 Å². The van der Waals surface area contributed by atoms with E-state index in [1.807, 2.05) is 24.3 Å². The van der Waals surface area contributed by atoms with Gasteiger partial charge in [0.1, 0.15) is 11.9 Å². The van der Waals surface area contributed by atoms with Crippen LogP contribution in [-0.4, -0.2) is 24.7 Å². The Balaban J connectivity index is 1.89. The Hall–Kier alpha value is -1.81. The van der Waals surface area contributed by atoms with E-state index in [-0.39, 0.29) is 6.10 Å². The number of ether oxygens (including phenoxy) is 2. The number of pyridine rings is 1. The molecule has 2 aromatic rings. The minimum Gasteiger partial charge on any atom is -0.497 e. The minimum absolute atomic E-state index is 0.184. The highest BCUT2D eigenvalue weighted by Crippen LogP contribution is 2.31. The Morgan fingerprint density at radius 2 is 2.10 bits per heavy atom. The van der Waals surface area contributed by atoms with Crippen LogP contribution in [0.5, 0.6) is 11.6 Å². The van der Waals surface area contributed by atoms with E-state index in [2.05, 4.69) is 4.98 Å². The molecule has 0 spiro atoms. The first-order valence-corrected chi connectivity index (χ1v) is 7.61. The molecule has 0 bridgehead atoms. The van der Waals surface area contributed by atoms with Crippen LogP contribution in [0, 0.1) is 5.92 Å². The van der Waals surface area contributed by atoms with Crippen LogP contribution in [0.3, 0.4) is 0 Å². The van der Waals surface area contributed by atoms with Crippen LogP contribution in [0.1, 0.15) is 25.7 Å². The van der Waals surface area contributed by atoms with Gasteiger partial charge in [-0.2, -0.15) is 0 Å². The topological polar surface area (TPSA) is 57.4 Å². The maximum absolute atomic E-state index is 6.21. The molecule has 3 rings (SSSR count). The number of rotatable bonds is 4. The summed E-state index contributed by atoms with van der Waals surface area (Å²) < 4.78 is 11.5. The zero-order valence-corrected chi connectivity index (χ0v) is 12.4. The summed E-state index contributed by atoms with van der Waals surface area (Å²) >= 11 is 0. The lowest BCUT2D eigenvalue weighted by atomic mass is 9.86. The number of fused-ring (bicyclic) bond motifs is 1. The maximum atomic E-state index is 6.21. The normalized spacial score (nSPS) is 22.2. The van der Waals surface area contributed by atoms with Gasteiger partial charge in [0, 0.05) is 17.5 Å². The van der Waals surface area contributed by atoms with Crippen molar-refractivity contribution in [1.82, 2.24) is 4.98 Å². The summed E-state index contributed by atoms with van der Waals surface area (Å²) in [4.78, 5) is 4.42. The first-order chi connectivity index (χ1) is 10.3. The fourth-order valence-electron chi connectivity index (χ4n) is 3.09. The first kappa shape index (κ1) is 14.1. The summed E-state index contributed by atoms with van der Waals surface area (Å²) in [5.74, 6) is 1.99. The molecule has 0 aliphatic heterocycles. The molecule has 1 heterocycles. The van der Waals surface area contributed by atoms with Crippen molar-refractivity contribution in [2.75, 3.05) is 13.7 Å². The van der Waals surface area contributed by atoms with Crippen molar-refractivity contribution >= 4 is 10.8 Å². The molecule has 112 valence electrons. The van der Waals surface area contributed by atoms with Crippen molar-refractivity contribution in [2.24, 2.45) is 11.7 Å². The lowest BCUT2D eigenvalue weighted by Gasteiger charge is -2.30. The SMILES string of the molecule is COc1ccc2c(OC3CCCCC3CN)nccc2c1. The minimum atomic E-state index is 0.184. The molecule has 1 saturated carbocycles. The largest absolute Gasteiger partial charge is 0.497 e. The van der Waals surface area contributed by atoms with Gasteiger partial charge in [-0.3, -0.25) is 0 Å². The molecule has 21 heavy (non-hydrogen) atoms. The van der Waals surface area contributed by atoms with E-state index in [1.165, 1.54) is 12.8 Å². The standard InChI is InChI=1S/C17H22N2O2/c1-20-14-6-7-15-12(10-14)8-9-19-17(15)21-16-5-3-2-4-13(16)11-18/h6-10,13,16H,2-5,11,18H2,1H3. The molecule has 1 fully saturated rings. The van der Waals surface area contributed by atoms with E-state index in [9.17, 15) is 0 Å². The third kappa shape index (κ3) is 2.95. The summed E-state index contributed by atoms with van der Waals surface area (Å²) in [6.07, 6.45) is 6.65. The van der Waals surface area contributed by atoms with Crippen molar-refractivity contribution in [3.8, 4) is 11.6 Å². The van der Waals surface area contributed by atoms with E-state index < -0.39 is 0 Å². The van der Waals surface area contributed by atoms with Crippen LogP contribution < -0.4 is 15.2 Å². The van der Waals surface area contributed by atoms with E-state index in [0.29, 0.717) is 18.3 Å². The molecule has 0 amide bonds. The van der Waals surface area contributed by atoms with Crippen molar-refractivity contribution in [3.05, 3.63) is 30.5 Å². The highest BCUT2D eigenvalue weighted by molar-refractivity contribution is 5.87. The van der Waals surface area contributed by atoms with Crippen LogP contribution in [0.25, 0.3) is 10.8 Å². The third-order valence-corrected chi connectivity index (χ3v) is 4.34. The van der Waals surface area contributed by atoms with Gasteiger partial charge < -0.3 is 15.2 Å². The second-order valence-electron chi connectivity index (χ2n) is 5.64. The van der Waals surface area contributed by atoms with E-state index >= 15 is 0 Å². The number of benzene rings is 1. The van der Waals surface area contributed by atoms with Gasteiger partial charge in [-0.05, 0) is 55.5 Å². The predicted octanol–water partition coefficient (Wildman–Crippen LogP) is 3.14. The van der Waals surface area contributed by atoms with Crippen molar-refractivity contribution in [2.45, 2.75) is 31.8 Å². The van der Waals surface area contributed by atoms with Gasteiger partial charge in [0.25, 0.3) is 0 Å². The fraction of sp³-hybridized carbons (Fsp3) is 0.471. The molecule has 1 aliphatic rings. The van der Waals surface area contributed by atoms with Gasteiger partial charge in [-0.1, -0.05) is 6.42 Å². The summed E-state index contributed by atoms with van der Waals surface area (Å²) in [5, 5.41) is 2.11. The molecule has 2 unspecified atom stereocenters. The first-order valence-electron chi connectivity index (χ1n) is 7.61. The molecule has 1 aromatic heterocycles. The second-order valence-corrected chi connectivity index (χ2v) is 5.64. The molecule has 1 aliphatic carbocycles. The summed E-state index contributed by atoms with van der Waals surface area (Å²) in [5.41, 5.74) is 5.88. The van der Waals surface area contributed by atoms with Gasteiger partial charge in [0.2, 0.25) is 5.88 Å². The Morgan fingerprint density at radius 1 is 1.24 bits per heavy atom. The van der Waals surface area contributed by atoms with E-state index in [1.54, 1.807) is 13.3 Å². The Bertz CT molecular complexity index is 615. The van der Waals surface area contributed by atoms with Gasteiger partial charge >= 0.3 is 0 Å². The highest BCUT2D eigenvalue weighted by atomic mass is 16.5. The van der Waals surface area contributed by atoms with Crippen molar-refractivity contribution in [3.63, 3.8) is 0 Å². The summed E-state index contributed by atoms with van der Waals surface area (Å²) in [6.45, 7) is 0.684. The molecule has 1 aromatic carbocycles. The molecule has 4 nitrogen and oxygen atoms in total. The average molecular weight is 286 g/mol. The zero-order chi connectivity index (χ0) is 14.7. The van der Waals surface area contributed by atoms with Crippen LogP contribution in [0.2, 0.25) is 0 Å². The second kappa shape index (κ2) is 6.31. The van der Waals surface area contributed by atoms with Crippen LogP contribution in [-0.2, 0) is 0 Å². The molecule has 0 saturated heterocycles. The molecular weight excluding hydrogens is 264 g/mol. The number of hydrogen-bond acceptors (Lipinski definition) is 4. The maximum Gasteiger partial charge on any atom is 0.221 e. The Morgan fingerprint density at radius 3 is 2.90 bits per heavy atom. The monoisotopic (exact) mass is 286 g/mol. The van der Waals surface area contributed by atoms with Crippen molar-refractivity contribution in [1.29, 1.82) is 0 Å². The quantitative estimate of drug-likeness (QED) is 0.938. The average Bonchev–Trinajstić information content (AvgIpc) is 2.55. The predicted molar refractivity (Wildman–Crippen MR) is 83.7 cm³/mol. The fourth-order valence-corrected chi connectivity index (χ4v) is 3.09. The van der Waals surface area contributed by atoms with Crippen molar-refractivity contribution < 1.29 is 9.47 Å². The van der Waals surface area contributed by atoms with Gasteiger partial charge in [-0.25, -0.2) is 4.98 Å². The molecule has 2 N–H and O–H groups in total. The highest BCUT2D eigenvalue weighted by Gasteiger charge is 2.26. The van der Waals surface area contributed by atoms with Gasteiger partial charge in [-0.15, -0.1) is 0 Å². The lowest BCUT2D eigenvalue weighted by Crippen LogP contribution is -2.35. The number of hydrogen-bond donors (Lipinski definition) is 1. The van der Waals surface area contributed by atoms with Crippen LogP contribution >= 0.6 is 0 Å². The third-order valence-electron chi connectivity index (χ3n) is 4.34. The Kier molecular flexibility index (Phi) is 4.25. The van der Waals surface area contributed by atoms with Gasteiger partial charge in [0.15, 0.2) is 0 Å². The van der Waals surface area contributed by atoms with Crippen LogP contribution in [0.4, 0.5) is 0 Å². The Labute approximate surface area is 125 Å². The molecular formula is C17H22N2O2. The molecule has 2 atom stereocenters.